The van der Waals surface area contributed by atoms with Gasteiger partial charge in [-0.2, -0.15) is 5.10 Å². The first-order chi connectivity index (χ1) is 14.9. The highest BCUT2D eigenvalue weighted by atomic mass is 35.5. The molecule has 4 rings (SSSR count). The van der Waals surface area contributed by atoms with Crippen LogP contribution in [0.25, 0.3) is 5.13 Å². The van der Waals surface area contributed by atoms with Crippen LogP contribution in [0.1, 0.15) is 43.4 Å². The van der Waals surface area contributed by atoms with Gasteiger partial charge in [0.1, 0.15) is 4.88 Å². The zero-order valence-corrected chi connectivity index (χ0v) is 19.2. The van der Waals surface area contributed by atoms with Gasteiger partial charge in [0.25, 0.3) is 5.91 Å². The highest BCUT2D eigenvalue weighted by Gasteiger charge is 2.20. The topological polar surface area (TPSA) is 59.8 Å². The van der Waals surface area contributed by atoms with E-state index >= 15 is 0 Å². The molecule has 0 radical (unpaired) electrons. The van der Waals surface area contributed by atoms with Gasteiger partial charge in [0, 0.05) is 29.2 Å². The molecule has 0 aliphatic rings. The lowest BCUT2D eigenvalue weighted by molar-refractivity contribution is 0.0954. The number of carbonyl (C=O) groups is 1. The maximum absolute atomic E-state index is 12.7. The maximum atomic E-state index is 12.7. The van der Waals surface area contributed by atoms with Crippen molar-refractivity contribution in [2.45, 2.75) is 33.7 Å². The minimum Gasteiger partial charge on any atom is -0.347 e. The van der Waals surface area contributed by atoms with Crippen molar-refractivity contribution in [1.82, 2.24) is 20.1 Å². The number of benzene rings is 2. The number of rotatable bonds is 6. The molecule has 0 bridgehead atoms. The highest BCUT2D eigenvalue weighted by Crippen LogP contribution is 2.27. The first-order valence-electron chi connectivity index (χ1n) is 10.0. The average molecular weight is 451 g/mol. The molecule has 2 heterocycles. The second-order valence-electron chi connectivity index (χ2n) is 7.41. The number of nitrogens with zero attached hydrogens (tertiary/aromatic N) is 3. The van der Waals surface area contributed by atoms with Crippen LogP contribution in [-0.2, 0) is 13.0 Å². The van der Waals surface area contributed by atoms with Crippen LogP contribution >= 0.6 is 22.9 Å². The fourth-order valence-electron chi connectivity index (χ4n) is 3.49. The number of hydrogen-bond donors (Lipinski definition) is 1. The molecule has 5 nitrogen and oxygen atoms in total. The van der Waals surface area contributed by atoms with E-state index in [1.807, 2.05) is 80.1 Å². The normalized spacial score (nSPS) is 11.0. The summed E-state index contributed by atoms with van der Waals surface area (Å²) in [5, 5.41) is 9.12. The standard InChI is InChI=1S/C24H23ClN4OS/c1-15-20(13-19-11-7-8-12-21(19)25)17(3)29(28-15)24-27-16(2)22(31-24)23(30)26-14-18-9-5-4-6-10-18/h4-12H,13-14H2,1-3H3,(H,26,30). The van der Waals surface area contributed by atoms with Gasteiger partial charge in [-0.25, -0.2) is 9.67 Å². The molecule has 0 saturated heterocycles. The van der Waals surface area contributed by atoms with E-state index < -0.39 is 0 Å². The minimum absolute atomic E-state index is 0.122. The molecule has 0 atom stereocenters. The minimum atomic E-state index is -0.122. The number of thiazole rings is 1. The van der Waals surface area contributed by atoms with Crippen molar-refractivity contribution in [3.8, 4) is 5.13 Å². The van der Waals surface area contributed by atoms with Gasteiger partial charge >= 0.3 is 0 Å². The van der Waals surface area contributed by atoms with Gasteiger partial charge in [0.15, 0.2) is 0 Å². The van der Waals surface area contributed by atoms with E-state index in [1.165, 1.54) is 11.3 Å². The number of amides is 1. The predicted molar refractivity (Wildman–Crippen MR) is 125 cm³/mol. The fraction of sp³-hybridized carbons (Fsp3) is 0.208. The summed E-state index contributed by atoms with van der Waals surface area (Å²) < 4.78 is 1.83. The van der Waals surface area contributed by atoms with E-state index in [0.29, 0.717) is 28.7 Å². The molecular formula is C24H23ClN4OS. The fourth-order valence-corrected chi connectivity index (χ4v) is 4.68. The largest absolute Gasteiger partial charge is 0.347 e. The molecule has 31 heavy (non-hydrogen) atoms. The van der Waals surface area contributed by atoms with Crippen molar-refractivity contribution >= 4 is 28.8 Å². The van der Waals surface area contributed by atoms with Gasteiger partial charge in [0.2, 0.25) is 5.13 Å². The highest BCUT2D eigenvalue weighted by molar-refractivity contribution is 7.16. The van der Waals surface area contributed by atoms with Crippen LogP contribution in [0, 0.1) is 20.8 Å². The van der Waals surface area contributed by atoms with E-state index in [-0.39, 0.29) is 5.91 Å². The molecule has 4 aromatic rings. The van der Waals surface area contributed by atoms with Crippen molar-refractivity contribution in [3.05, 3.63) is 98.3 Å². The van der Waals surface area contributed by atoms with Crippen LogP contribution in [0.2, 0.25) is 5.02 Å². The van der Waals surface area contributed by atoms with E-state index in [1.54, 1.807) is 0 Å². The Labute approximate surface area is 190 Å². The molecule has 0 aliphatic carbocycles. The SMILES string of the molecule is Cc1nc(-n2nc(C)c(Cc3ccccc3Cl)c2C)sc1C(=O)NCc1ccccc1. The summed E-state index contributed by atoms with van der Waals surface area (Å²) in [6.07, 6.45) is 0.701. The summed E-state index contributed by atoms with van der Waals surface area (Å²) in [7, 11) is 0. The van der Waals surface area contributed by atoms with Crippen LogP contribution < -0.4 is 5.32 Å². The lowest BCUT2D eigenvalue weighted by Crippen LogP contribution is -2.22. The molecule has 1 amide bonds. The van der Waals surface area contributed by atoms with Gasteiger partial charge in [0.05, 0.1) is 11.4 Å². The Morgan fingerprint density at radius 2 is 1.74 bits per heavy atom. The Bertz CT molecular complexity index is 1230. The maximum Gasteiger partial charge on any atom is 0.263 e. The van der Waals surface area contributed by atoms with Crippen LogP contribution in [0.5, 0.6) is 0 Å². The lowest BCUT2D eigenvalue weighted by atomic mass is 10.0. The monoisotopic (exact) mass is 450 g/mol. The summed E-state index contributed by atoms with van der Waals surface area (Å²) in [6.45, 7) is 6.35. The molecule has 158 valence electrons. The van der Waals surface area contributed by atoms with Gasteiger partial charge in [-0.3, -0.25) is 4.79 Å². The quantitative estimate of drug-likeness (QED) is 0.426. The smallest absolute Gasteiger partial charge is 0.263 e. The average Bonchev–Trinajstić information content (AvgIpc) is 3.29. The number of aromatic nitrogens is 3. The second-order valence-corrected chi connectivity index (χ2v) is 8.79. The number of halogens is 1. The van der Waals surface area contributed by atoms with Crippen LogP contribution in [-0.4, -0.2) is 20.7 Å². The summed E-state index contributed by atoms with van der Waals surface area (Å²) in [4.78, 5) is 18.0. The molecule has 0 spiro atoms. The summed E-state index contributed by atoms with van der Waals surface area (Å²) in [5.41, 5.74) is 5.87. The zero-order valence-electron chi connectivity index (χ0n) is 17.6. The molecule has 2 aromatic carbocycles. The second kappa shape index (κ2) is 9.04. The van der Waals surface area contributed by atoms with E-state index in [0.717, 1.165) is 33.1 Å². The van der Waals surface area contributed by atoms with Crippen LogP contribution in [0.15, 0.2) is 54.6 Å². The van der Waals surface area contributed by atoms with Gasteiger partial charge in [-0.05, 0) is 38.0 Å². The number of nitrogens with one attached hydrogen (secondary N) is 1. The third-order valence-electron chi connectivity index (χ3n) is 5.23. The molecule has 0 aliphatic heterocycles. The van der Waals surface area contributed by atoms with Gasteiger partial charge < -0.3 is 5.32 Å². The zero-order chi connectivity index (χ0) is 22.0. The van der Waals surface area contributed by atoms with Gasteiger partial charge in [-0.1, -0.05) is 71.5 Å². The molecule has 1 N–H and O–H groups in total. The Morgan fingerprint density at radius 1 is 1.03 bits per heavy atom. The molecule has 0 saturated carbocycles. The summed E-state index contributed by atoms with van der Waals surface area (Å²) in [6, 6.07) is 17.7. The Kier molecular flexibility index (Phi) is 6.20. The Balaban J connectivity index is 1.57. The van der Waals surface area contributed by atoms with Crippen molar-refractivity contribution < 1.29 is 4.79 Å². The predicted octanol–water partition coefficient (Wildman–Crippen LogP) is 5.43. The lowest BCUT2D eigenvalue weighted by Gasteiger charge is -2.05. The van der Waals surface area contributed by atoms with Gasteiger partial charge in [-0.15, -0.1) is 0 Å². The molecule has 0 fully saturated rings. The van der Waals surface area contributed by atoms with Crippen molar-refractivity contribution in [2.24, 2.45) is 0 Å². The van der Waals surface area contributed by atoms with Crippen molar-refractivity contribution in [3.63, 3.8) is 0 Å². The van der Waals surface area contributed by atoms with Crippen molar-refractivity contribution in [1.29, 1.82) is 0 Å². The number of carbonyl (C=O) groups excluding carboxylic acids is 1. The van der Waals surface area contributed by atoms with Crippen molar-refractivity contribution in [2.75, 3.05) is 0 Å². The molecule has 7 heteroatoms. The third kappa shape index (κ3) is 4.55. The van der Waals surface area contributed by atoms with E-state index in [4.69, 9.17) is 16.7 Å². The summed E-state index contributed by atoms with van der Waals surface area (Å²) in [5.74, 6) is -0.122. The number of hydrogen-bond acceptors (Lipinski definition) is 4. The van der Waals surface area contributed by atoms with Crippen LogP contribution in [0.4, 0.5) is 0 Å². The molecule has 2 aromatic heterocycles. The first-order valence-corrected chi connectivity index (χ1v) is 11.2. The van der Waals surface area contributed by atoms with Crippen LogP contribution in [0.3, 0.4) is 0 Å². The Hall–Kier alpha value is -2.96. The number of aryl methyl sites for hydroxylation is 2. The van der Waals surface area contributed by atoms with E-state index in [9.17, 15) is 4.79 Å². The Morgan fingerprint density at radius 3 is 2.48 bits per heavy atom. The molecule has 0 unspecified atom stereocenters. The third-order valence-corrected chi connectivity index (χ3v) is 6.74. The van der Waals surface area contributed by atoms with E-state index in [2.05, 4.69) is 10.3 Å². The molecular weight excluding hydrogens is 428 g/mol. The summed E-state index contributed by atoms with van der Waals surface area (Å²) >= 11 is 7.71. The first kappa shape index (κ1) is 21.3.